The van der Waals surface area contributed by atoms with Crippen molar-refractivity contribution in [3.8, 4) is 5.75 Å². The van der Waals surface area contributed by atoms with Crippen molar-refractivity contribution >= 4 is 137 Å². The van der Waals surface area contributed by atoms with E-state index in [0.717, 1.165) is 51.8 Å². The Morgan fingerprint density at radius 1 is 0.626 bits per heavy atom. The third-order valence-corrected chi connectivity index (χ3v) is 25.7. The Labute approximate surface area is 724 Å². The number of amides is 12. The van der Waals surface area contributed by atoms with Gasteiger partial charge in [-0.1, -0.05) is 108 Å². The van der Waals surface area contributed by atoms with Gasteiger partial charge < -0.3 is 96.7 Å². The Morgan fingerprint density at radius 3 is 1.93 bits per heavy atom. The van der Waals surface area contributed by atoms with Crippen molar-refractivity contribution in [3.63, 3.8) is 0 Å². The van der Waals surface area contributed by atoms with E-state index in [2.05, 4.69) is 58.2 Å². The number of hydrogen-bond acceptors (Lipinski definition) is 23. The van der Waals surface area contributed by atoms with E-state index in [0.29, 0.717) is 59.0 Å². The van der Waals surface area contributed by atoms with Crippen molar-refractivity contribution < 1.29 is 86.6 Å². The average Bonchev–Trinajstić information content (AvgIpc) is 1.72. The number of aromatic nitrogens is 1. The van der Waals surface area contributed by atoms with Gasteiger partial charge in [-0.2, -0.15) is 0 Å². The van der Waals surface area contributed by atoms with Crippen LogP contribution in [0, 0.1) is 24.2 Å². The Kier molecular flexibility index (Phi) is 39.8. The van der Waals surface area contributed by atoms with Crippen molar-refractivity contribution in [2.45, 2.75) is 242 Å². The molecule has 1 aliphatic heterocycles. The molecule has 0 unspecified atom stereocenters. The lowest BCUT2D eigenvalue weighted by molar-refractivity contribution is -0.139. The summed E-state index contributed by atoms with van der Waals surface area (Å²) in [5.41, 5.74) is 30.3. The van der Waals surface area contributed by atoms with E-state index in [-0.39, 0.29) is 102 Å². The second-order valence-electron chi connectivity index (χ2n) is 33.2. The molecule has 6 rings (SSSR count). The molecule has 1 fully saturated rings. The number of H-pyrrole nitrogens is 1. The number of carbonyl (C=O) groups excluding carboxylic acids is 16. The number of aliphatic hydroxyl groups is 1. The lowest BCUT2D eigenvalue weighted by atomic mass is 9.77. The average molecular weight is 1750 g/mol. The van der Waals surface area contributed by atoms with Gasteiger partial charge in [-0.05, 0) is 164 Å². The summed E-state index contributed by atoms with van der Waals surface area (Å²) in [6.45, 7) is 15.8. The quantitative estimate of drug-likeness (QED) is 0.0196. The topological polar surface area (TPSA) is 569 Å². The van der Waals surface area contributed by atoms with Crippen LogP contribution in [0.4, 0.5) is 0 Å². The molecule has 1 aliphatic rings. The highest BCUT2D eigenvalue weighted by atomic mass is 33.1. The van der Waals surface area contributed by atoms with Crippen LogP contribution in [-0.2, 0) is 96.0 Å². The molecular formula is C87H124N16O18S2. The zero-order valence-electron chi connectivity index (χ0n) is 71.9. The van der Waals surface area contributed by atoms with Crippen molar-refractivity contribution in [1.82, 2.24) is 58.2 Å². The number of Topliss-reactive ketones (excluding diaryl/α,β-unsaturated/α-hetero) is 4. The fourth-order valence-electron chi connectivity index (χ4n) is 14.6. The number of unbranched alkanes of at least 4 members (excludes halogenated alkanes) is 2. The summed E-state index contributed by atoms with van der Waals surface area (Å²) in [7, 11) is 1.86. The van der Waals surface area contributed by atoms with E-state index in [1.807, 2.05) is 49.4 Å². The summed E-state index contributed by atoms with van der Waals surface area (Å²) in [4.78, 5) is 232. The van der Waals surface area contributed by atoms with Gasteiger partial charge >= 0.3 is 0 Å². The first-order valence-electron chi connectivity index (χ1n) is 41.5. The van der Waals surface area contributed by atoms with Crippen molar-refractivity contribution in [1.29, 1.82) is 0 Å². The predicted octanol–water partition coefficient (Wildman–Crippen LogP) is 2.36. The lowest BCUT2D eigenvalue weighted by Crippen LogP contribution is -2.63. The number of ketones is 4. The zero-order chi connectivity index (χ0) is 91.1. The number of benzene rings is 4. The van der Waals surface area contributed by atoms with E-state index in [1.54, 1.807) is 69.4 Å². The number of nitrogens with two attached hydrogens (primary N) is 5. The van der Waals surface area contributed by atoms with Gasteiger partial charge in [0.05, 0.1) is 30.0 Å². The van der Waals surface area contributed by atoms with Gasteiger partial charge in [0.15, 0.2) is 17.3 Å². The van der Waals surface area contributed by atoms with Crippen LogP contribution in [0.3, 0.4) is 0 Å². The maximum absolute atomic E-state index is 16.3. The number of fused-ring (bicyclic) bond motifs is 2. The van der Waals surface area contributed by atoms with Crippen molar-refractivity contribution in [2.24, 2.45) is 45.9 Å². The largest absolute Gasteiger partial charge is 0.492 e. The van der Waals surface area contributed by atoms with E-state index in [9.17, 15) is 53.1 Å². The molecule has 12 amide bonds. The van der Waals surface area contributed by atoms with E-state index in [4.69, 9.17) is 33.4 Å². The van der Waals surface area contributed by atoms with Gasteiger partial charge in [0.1, 0.15) is 54.4 Å². The van der Waals surface area contributed by atoms with Crippen LogP contribution in [0.25, 0.3) is 21.7 Å². The first-order valence-corrected chi connectivity index (χ1v) is 43.7. The number of aryl methyl sites for hydroxylation is 1. The molecule has 34 nitrogen and oxygen atoms in total. The van der Waals surface area contributed by atoms with Gasteiger partial charge in [0.25, 0.3) is 0 Å². The summed E-state index contributed by atoms with van der Waals surface area (Å²) >= 11 is 0. The molecule has 123 heavy (non-hydrogen) atoms. The van der Waals surface area contributed by atoms with Crippen LogP contribution in [0.15, 0.2) is 91.1 Å². The SMILES string of the molecule is CC(=O)CCNC[C@H](CC(N)=O)CC(=O)[C@H](CCCCNC(C)=O)NC(=O)[C@](C)(CCCCN)CC(=O)[C@H](Cc1ccc2ccccc2c1)NC(=O)[C@@H](CC(=O)[C@H]1NC(=O)[C@H](CCC(N)=O)NC(=O)[C@H](Cc2c[nH]c3c(C)cccc23)NC(=O)[C@H]([C@@H](C)O)NC(=O)[C@H](CC(N)=O)NC(=O)[C@@H](NC(C)=O)C(C)(C)SSC1(C)C)Cc1ccc(OCCN)cc1. The number of ether oxygens (including phenoxy) is 1. The molecule has 1 saturated heterocycles. The number of rotatable bonds is 45. The third kappa shape index (κ3) is 32.5. The number of carbonyl (C=O) groups is 16. The summed E-state index contributed by atoms with van der Waals surface area (Å²) in [6, 6.07) is 11.5. The predicted molar refractivity (Wildman–Crippen MR) is 469 cm³/mol. The maximum Gasteiger partial charge on any atom is 0.245 e. The van der Waals surface area contributed by atoms with Crippen LogP contribution in [-0.4, -0.2) is 207 Å². The minimum Gasteiger partial charge on any atom is -0.492 e. The molecule has 0 aliphatic carbocycles. The molecule has 2 heterocycles. The van der Waals surface area contributed by atoms with Crippen molar-refractivity contribution in [2.75, 3.05) is 39.3 Å². The van der Waals surface area contributed by atoms with E-state index < -0.39 is 196 Å². The smallest absolute Gasteiger partial charge is 0.245 e. The molecule has 0 spiro atoms. The molecule has 4 aromatic carbocycles. The zero-order valence-corrected chi connectivity index (χ0v) is 73.5. The molecule has 1 aromatic heterocycles. The highest BCUT2D eigenvalue weighted by molar-refractivity contribution is 8.77. The summed E-state index contributed by atoms with van der Waals surface area (Å²) in [5.74, 6) is -14.6. The van der Waals surface area contributed by atoms with Gasteiger partial charge in [-0.25, -0.2) is 0 Å². The number of nitrogens with one attached hydrogen (secondary N) is 11. The number of aliphatic hydroxyl groups excluding tert-OH is 1. The van der Waals surface area contributed by atoms with Crippen LogP contribution in [0.5, 0.6) is 5.75 Å². The highest BCUT2D eigenvalue weighted by Gasteiger charge is 2.47. The fourth-order valence-corrected chi connectivity index (χ4v) is 17.4. The summed E-state index contributed by atoms with van der Waals surface area (Å²) < 4.78 is 2.67. The van der Waals surface area contributed by atoms with Gasteiger partial charge in [0.2, 0.25) is 70.9 Å². The third-order valence-electron chi connectivity index (χ3n) is 21.5. The van der Waals surface area contributed by atoms with Gasteiger partial charge in [0, 0.05) is 111 Å². The number of para-hydroxylation sites is 1. The van der Waals surface area contributed by atoms with E-state index >= 15 is 28.8 Å². The van der Waals surface area contributed by atoms with Crippen LogP contribution in [0.1, 0.15) is 174 Å². The maximum atomic E-state index is 16.3. The molecule has 22 N–H and O–H groups in total. The van der Waals surface area contributed by atoms with Gasteiger partial charge in [-0.15, -0.1) is 0 Å². The molecular weight excluding hydrogens is 1620 g/mol. The van der Waals surface area contributed by atoms with Crippen LogP contribution in [0.2, 0.25) is 0 Å². The van der Waals surface area contributed by atoms with E-state index in [1.165, 1.54) is 27.7 Å². The second kappa shape index (κ2) is 48.4. The molecule has 0 bridgehead atoms. The minimum absolute atomic E-state index is 0.0430. The standard InChI is InChI=1S/C87H124N16O18S2/c1-49-18-17-21-62-60(48-95-74(49)62)43-66-80(116)97-64(29-30-71(90)111)79(115)103-76(85(6,7)122-123-86(8,9)77(96-53(5)107)83(119)100-67(45-73(92)113)81(117)102-75(51(3)105)82(118)99-66)69(109)44-59(38-54-24-27-61(28-25-54)121-37-34-89)78(114)98-65(40-55-23-26-57-19-11-12-20-58(57)39-55)70(110)46-87(10,32-14-15-33-88)84(120)101-63(22-13-16-35-94-52(4)106)68(108)41-56(42-72(91)112)47-93-36-31-50(2)104/h11-12,17-21,23-28,39,48,51,56,59,63-67,75-77,93,95,105H,13-16,22,29-38,40-47,88-89H2,1-10H3,(H2,90,111)(H2,91,112)(H2,92,113)(H,94,106)(H,96,107)(H,97,116)(H,98,114)(H,99,118)(H,100,119)(H,101,120)(H,102,117)(H,103,115)/t51-,56+,59-,63+,64+,65+,66+,67+,75+,76-,77-,87-/m1/s1. The summed E-state index contributed by atoms with van der Waals surface area (Å²) in [5, 5.41) is 40.9. The lowest BCUT2D eigenvalue weighted by Gasteiger charge is -2.39. The molecule has 672 valence electrons. The Balaban J connectivity index is 1.52. The van der Waals surface area contributed by atoms with Crippen LogP contribution >= 0.6 is 21.6 Å². The number of aromatic amines is 1. The Morgan fingerprint density at radius 2 is 1.28 bits per heavy atom. The normalized spacial score (nSPS) is 19.6. The summed E-state index contributed by atoms with van der Waals surface area (Å²) in [6.07, 6.45) is -2.80. The molecule has 5 aromatic rings. The molecule has 0 radical (unpaired) electrons. The Hall–Kier alpha value is -10.7. The van der Waals surface area contributed by atoms with Gasteiger partial charge in [-0.3, -0.25) is 76.7 Å². The molecule has 0 saturated carbocycles. The molecule has 12 atom stereocenters. The van der Waals surface area contributed by atoms with Crippen molar-refractivity contribution in [3.05, 3.63) is 113 Å². The Bertz CT molecular complexity index is 4580. The molecule has 36 heteroatoms. The first-order chi connectivity index (χ1) is 58.0. The second-order valence-corrected chi connectivity index (χ2v) is 36.6. The van der Waals surface area contributed by atoms with Crippen LogP contribution < -0.4 is 86.6 Å². The number of primary amides is 3. The monoisotopic (exact) mass is 1740 g/mol. The first kappa shape index (κ1) is 101. The highest BCUT2D eigenvalue weighted by Crippen LogP contribution is 2.47. The number of hydrogen-bond donors (Lipinski definition) is 17. The minimum atomic E-state index is -1.93. The fraction of sp³-hybridized carbons (Fsp3) is 0.540.